The minimum atomic E-state index is -2.96. The van der Waals surface area contributed by atoms with Gasteiger partial charge in [0.15, 0.2) is 0 Å². The molecular formula is C21H17F2N3O2S. The number of hydrogen-bond acceptors (Lipinski definition) is 6. The number of benzene rings is 2. The van der Waals surface area contributed by atoms with Gasteiger partial charge in [0.2, 0.25) is 5.88 Å². The highest BCUT2D eigenvalue weighted by Gasteiger charge is 2.19. The van der Waals surface area contributed by atoms with Crippen LogP contribution in [0.1, 0.15) is 18.2 Å². The standard InChI is InChI=1S/C21H17F2N3O2S/c1-3-14-19(12-6-4-5-7-16(12)27)29-20(26-14)13-8-11(2)9-15-18(13)24-10-17(25-15)28-21(22)23/h4-10,21,27H,3H2,1-2H3. The number of aromatic nitrogens is 3. The van der Waals surface area contributed by atoms with E-state index in [-0.39, 0.29) is 11.6 Å². The van der Waals surface area contributed by atoms with Gasteiger partial charge in [-0.05, 0) is 43.2 Å². The van der Waals surface area contributed by atoms with Crippen molar-refractivity contribution in [1.29, 1.82) is 0 Å². The molecule has 148 valence electrons. The maximum absolute atomic E-state index is 12.5. The Hall–Kier alpha value is -3.13. The number of aryl methyl sites for hydroxylation is 2. The Labute approximate surface area is 169 Å². The maximum Gasteiger partial charge on any atom is 0.388 e. The molecule has 4 aromatic rings. The van der Waals surface area contributed by atoms with Crippen LogP contribution in [0.15, 0.2) is 42.6 Å². The van der Waals surface area contributed by atoms with E-state index in [1.54, 1.807) is 18.2 Å². The second-order valence-electron chi connectivity index (χ2n) is 6.43. The third-order valence-corrected chi connectivity index (χ3v) is 5.55. The summed E-state index contributed by atoms with van der Waals surface area (Å²) in [5, 5.41) is 11.0. The van der Waals surface area contributed by atoms with E-state index in [1.807, 2.05) is 32.0 Å². The van der Waals surface area contributed by atoms with Gasteiger partial charge >= 0.3 is 6.61 Å². The van der Waals surface area contributed by atoms with E-state index in [0.717, 1.165) is 32.3 Å². The number of fused-ring (bicyclic) bond motifs is 1. The molecule has 2 aromatic heterocycles. The molecule has 0 spiro atoms. The average molecular weight is 413 g/mol. The lowest BCUT2D eigenvalue weighted by atomic mass is 10.1. The van der Waals surface area contributed by atoms with Gasteiger partial charge in [0.05, 0.1) is 27.8 Å². The van der Waals surface area contributed by atoms with E-state index in [4.69, 9.17) is 4.98 Å². The SMILES string of the molecule is CCc1nc(-c2cc(C)cc3nc(OC(F)F)cnc23)sc1-c1ccccc1O. The molecule has 8 heteroatoms. The molecule has 2 heterocycles. The largest absolute Gasteiger partial charge is 0.507 e. The van der Waals surface area contributed by atoms with Crippen LogP contribution >= 0.6 is 11.3 Å². The van der Waals surface area contributed by atoms with Crippen LogP contribution in [0.2, 0.25) is 0 Å². The molecule has 0 fully saturated rings. The minimum Gasteiger partial charge on any atom is -0.507 e. The summed E-state index contributed by atoms with van der Waals surface area (Å²) in [6.07, 6.45) is 1.88. The number of aromatic hydroxyl groups is 1. The Morgan fingerprint density at radius 1 is 1.14 bits per heavy atom. The second kappa shape index (κ2) is 7.71. The molecule has 0 aliphatic rings. The van der Waals surface area contributed by atoms with Crippen molar-refractivity contribution in [3.8, 4) is 32.6 Å². The maximum atomic E-state index is 12.5. The van der Waals surface area contributed by atoms with E-state index in [1.165, 1.54) is 17.5 Å². The number of alkyl halides is 2. The van der Waals surface area contributed by atoms with Crippen molar-refractivity contribution >= 4 is 22.4 Å². The van der Waals surface area contributed by atoms with Crippen molar-refractivity contribution in [2.45, 2.75) is 26.9 Å². The zero-order valence-corrected chi connectivity index (χ0v) is 16.5. The number of nitrogens with zero attached hydrogens (tertiary/aromatic N) is 3. The number of ether oxygens (including phenoxy) is 1. The molecule has 5 nitrogen and oxygen atoms in total. The monoisotopic (exact) mass is 413 g/mol. The topological polar surface area (TPSA) is 68.1 Å². The lowest BCUT2D eigenvalue weighted by Crippen LogP contribution is -2.04. The van der Waals surface area contributed by atoms with E-state index in [9.17, 15) is 13.9 Å². The first kappa shape index (κ1) is 19.2. The molecule has 4 rings (SSSR count). The summed E-state index contributed by atoms with van der Waals surface area (Å²) in [5.41, 5.74) is 4.26. The number of phenolic OH excluding ortho intramolecular Hbond substituents is 1. The number of hydrogen-bond donors (Lipinski definition) is 1. The summed E-state index contributed by atoms with van der Waals surface area (Å²) in [6.45, 7) is 0.937. The van der Waals surface area contributed by atoms with Gasteiger partial charge in [-0.3, -0.25) is 0 Å². The van der Waals surface area contributed by atoms with Crippen LogP contribution in [0.4, 0.5) is 8.78 Å². The quantitative estimate of drug-likeness (QED) is 0.461. The predicted molar refractivity (Wildman–Crippen MR) is 108 cm³/mol. The normalized spacial score (nSPS) is 11.3. The molecule has 1 N–H and O–H groups in total. The number of thiazole rings is 1. The number of halogens is 2. The highest BCUT2D eigenvalue weighted by atomic mass is 32.1. The molecule has 29 heavy (non-hydrogen) atoms. The molecule has 0 atom stereocenters. The molecule has 0 aliphatic heterocycles. The molecule has 2 aromatic carbocycles. The average Bonchev–Trinajstić information content (AvgIpc) is 3.11. The second-order valence-corrected chi connectivity index (χ2v) is 7.43. The summed E-state index contributed by atoms with van der Waals surface area (Å²) in [4.78, 5) is 14.1. The first-order valence-electron chi connectivity index (χ1n) is 8.97. The van der Waals surface area contributed by atoms with Gasteiger partial charge in [0.1, 0.15) is 10.8 Å². The zero-order valence-electron chi connectivity index (χ0n) is 15.7. The van der Waals surface area contributed by atoms with Gasteiger partial charge in [0, 0.05) is 11.1 Å². The van der Waals surface area contributed by atoms with E-state index < -0.39 is 6.61 Å². The van der Waals surface area contributed by atoms with Gasteiger partial charge in [-0.25, -0.2) is 15.0 Å². The van der Waals surface area contributed by atoms with Crippen LogP contribution in [0.5, 0.6) is 11.6 Å². The van der Waals surface area contributed by atoms with E-state index in [2.05, 4.69) is 14.7 Å². The molecule has 0 unspecified atom stereocenters. The van der Waals surface area contributed by atoms with Crippen molar-refractivity contribution in [2.75, 3.05) is 0 Å². The van der Waals surface area contributed by atoms with Gasteiger partial charge in [-0.15, -0.1) is 11.3 Å². The first-order valence-corrected chi connectivity index (χ1v) is 9.78. The highest BCUT2D eigenvalue weighted by Crippen LogP contribution is 2.41. The lowest BCUT2D eigenvalue weighted by molar-refractivity contribution is -0.0528. The van der Waals surface area contributed by atoms with Gasteiger partial charge in [-0.1, -0.05) is 19.1 Å². The number of para-hydroxylation sites is 1. The van der Waals surface area contributed by atoms with Crippen LogP contribution < -0.4 is 4.74 Å². The van der Waals surface area contributed by atoms with Crippen LogP contribution in [-0.2, 0) is 6.42 Å². The molecule has 0 saturated carbocycles. The Morgan fingerprint density at radius 2 is 1.93 bits per heavy atom. The molecular weight excluding hydrogens is 396 g/mol. The van der Waals surface area contributed by atoms with Gasteiger partial charge < -0.3 is 9.84 Å². The van der Waals surface area contributed by atoms with Crippen LogP contribution in [-0.4, -0.2) is 26.7 Å². The molecule has 0 radical (unpaired) electrons. The summed E-state index contributed by atoms with van der Waals surface area (Å²) < 4.78 is 29.4. The highest BCUT2D eigenvalue weighted by molar-refractivity contribution is 7.18. The zero-order chi connectivity index (χ0) is 20.5. The number of rotatable bonds is 5. The summed E-state index contributed by atoms with van der Waals surface area (Å²) in [7, 11) is 0. The van der Waals surface area contributed by atoms with Crippen molar-refractivity contribution in [1.82, 2.24) is 15.0 Å². The summed E-state index contributed by atoms with van der Waals surface area (Å²) >= 11 is 1.45. The Morgan fingerprint density at radius 3 is 2.66 bits per heavy atom. The van der Waals surface area contributed by atoms with Crippen molar-refractivity contribution in [3.63, 3.8) is 0 Å². The minimum absolute atomic E-state index is 0.195. The molecule has 0 amide bonds. The number of phenols is 1. The van der Waals surface area contributed by atoms with Gasteiger partial charge in [-0.2, -0.15) is 8.78 Å². The third-order valence-electron chi connectivity index (χ3n) is 4.39. The van der Waals surface area contributed by atoms with Crippen molar-refractivity contribution < 1.29 is 18.6 Å². The van der Waals surface area contributed by atoms with E-state index in [0.29, 0.717) is 17.5 Å². The van der Waals surface area contributed by atoms with Crippen molar-refractivity contribution in [2.24, 2.45) is 0 Å². The van der Waals surface area contributed by atoms with Crippen LogP contribution in [0.3, 0.4) is 0 Å². The van der Waals surface area contributed by atoms with E-state index >= 15 is 0 Å². The fraction of sp³-hybridized carbons (Fsp3) is 0.190. The van der Waals surface area contributed by atoms with Crippen molar-refractivity contribution in [3.05, 3.63) is 53.9 Å². The summed E-state index contributed by atoms with van der Waals surface area (Å²) in [5.74, 6) is -0.0348. The van der Waals surface area contributed by atoms with Gasteiger partial charge in [0.25, 0.3) is 0 Å². The fourth-order valence-electron chi connectivity index (χ4n) is 3.14. The van der Waals surface area contributed by atoms with Crippen LogP contribution in [0, 0.1) is 6.92 Å². The summed E-state index contributed by atoms with van der Waals surface area (Å²) in [6, 6.07) is 10.8. The molecule has 0 saturated heterocycles. The fourth-order valence-corrected chi connectivity index (χ4v) is 4.35. The predicted octanol–water partition coefficient (Wildman–Crippen LogP) is 5.60. The third kappa shape index (κ3) is 3.75. The molecule has 0 bridgehead atoms. The van der Waals surface area contributed by atoms with Crippen LogP contribution in [0.25, 0.3) is 32.0 Å². The molecule has 0 aliphatic carbocycles. The first-order chi connectivity index (χ1) is 14.0. The Bertz CT molecular complexity index is 1190. The Balaban J connectivity index is 1.88. The Kier molecular flexibility index (Phi) is 5.10. The smallest absolute Gasteiger partial charge is 0.388 e. The lowest BCUT2D eigenvalue weighted by Gasteiger charge is -2.07.